The maximum atomic E-state index is 14.1. The number of nitrogens with two attached hydrogens (primary N) is 8. The van der Waals surface area contributed by atoms with Gasteiger partial charge in [-0.25, -0.2) is 0 Å². The van der Waals surface area contributed by atoms with Gasteiger partial charge < -0.3 is 120 Å². The minimum absolute atomic E-state index is 0.0203. The van der Waals surface area contributed by atoms with Gasteiger partial charge >= 0.3 is 0 Å². The Bertz CT molecular complexity index is 2730. The minimum Gasteiger partial charge on any atom is -0.394 e. The van der Waals surface area contributed by atoms with Crippen LogP contribution in [0.2, 0.25) is 0 Å². The number of unbranched alkanes of at least 4 members (excludes halogenated alkanes) is 2. The van der Waals surface area contributed by atoms with Crippen molar-refractivity contribution in [1.29, 1.82) is 0 Å². The molecule has 1 aromatic carbocycles. The van der Waals surface area contributed by atoms with Crippen LogP contribution >= 0.6 is 0 Å². The molecule has 0 aromatic heterocycles. The van der Waals surface area contributed by atoms with E-state index in [1.165, 1.54) is 20.8 Å². The molecule has 0 radical (unpaired) electrons. The van der Waals surface area contributed by atoms with Crippen molar-refractivity contribution in [1.82, 2.24) is 63.8 Å². The van der Waals surface area contributed by atoms with Gasteiger partial charge in [0.15, 0.2) is 11.9 Å². The van der Waals surface area contributed by atoms with Gasteiger partial charge in [-0.2, -0.15) is 0 Å². The molecule has 1 rings (SSSR count). The molecule has 1 aromatic rings. The summed E-state index contributed by atoms with van der Waals surface area (Å²) in [5.74, 6) is -12.1. The number of hydrogen-bond acceptors (Lipinski definition) is 20. The lowest BCUT2D eigenvalue weighted by atomic mass is 10.0. The number of carbonyl (C=O) groups is 13. The fourth-order valence-corrected chi connectivity index (χ4v) is 8.81. The number of aliphatic hydroxyl groups is 2. The molecule has 0 fully saturated rings. The van der Waals surface area contributed by atoms with Crippen LogP contribution in [-0.2, 0) is 68.7 Å². The van der Waals surface area contributed by atoms with E-state index < -0.39 is 170 Å². The van der Waals surface area contributed by atoms with Crippen molar-refractivity contribution in [2.45, 2.75) is 178 Å². The number of benzene rings is 1. The number of nitrogens with zero attached hydrogens (tertiary/aromatic N) is 2. The molecule has 0 heterocycles. The van der Waals surface area contributed by atoms with Crippen molar-refractivity contribution >= 4 is 88.7 Å². The van der Waals surface area contributed by atoms with Crippen LogP contribution in [0.25, 0.3) is 0 Å². The Morgan fingerprint density at radius 1 is 0.442 bits per heavy atom. The van der Waals surface area contributed by atoms with E-state index in [0.717, 1.165) is 5.56 Å². The lowest BCUT2D eigenvalue weighted by Gasteiger charge is -2.26. The lowest BCUT2D eigenvalue weighted by Crippen LogP contribution is -2.60. The predicted molar refractivity (Wildman–Crippen MR) is 349 cm³/mol. The quantitative estimate of drug-likeness (QED) is 0.0164. The van der Waals surface area contributed by atoms with Crippen molar-refractivity contribution in [2.24, 2.45) is 61.8 Å². The average molecular weight is 1350 g/mol. The molecule has 0 saturated heterocycles. The van der Waals surface area contributed by atoms with Gasteiger partial charge in [-0.1, -0.05) is 44.2 Å². The second-order valence-corrected chi connectivity index (χ2v) is 22.9. The summed E-state index contributed by atoms with van der Waals surface area (Å²) in [6.07, 6.45) is 0.477. The van der Waals surface area contributed by atoms with Gasteiger partial charge in [0.05, 0.1) is 38.4 Å². The average Bonchev–Trinajstić information content (AvgIpc) is 1.00. The maximum Gasteiger partial charge on any atom is 0.245 e. The summed E-state index contributed by atoms with van der Waals surface area (Å²) in [4.78, 5) is 180. The van der Waals surface area contributed by atoms with Crippen molar-refractivity contribution in [3.63, 3.8) is 0 Å². The third-order valence-electron chi connectivity index (χ3n) is 14.0. The van der Waals surface area contributed by atoms with Crippen molar-refractivity contribution in [3.05, 3.63) is 35.9 Å². The number of aliphatic imine (C=N–C) groups is 2. The first-order chi connectivity index (χ1) is 44.8. The molecular formula is C58H102N22O15. The third kappa shape index (κ3) is 35.5. The Hall–Kier alpha value is -9.33. The number of hydrogen-bond donors (Lipinski definition) is 22. The Balaban J connectivity index is 3.12. The third-order valence-corrected chi connectivity index (χ3v) is 14.0. The molecule has 0 unspecified atom stereocenters. The van der Waals surface area contributed by atoms with E-state index in [9.17, 15) is 72.5 Å². The van der Waals surface area contributed by atoms with Gasteiger partial charge in [0.25, 0.3) is 0 Å². The molecule has 0 aliphatic heterocycles. The highest BCUT2D eigenvalue weighted by atomic mass is 16.3. The number of carbonyl (C=O) groups excluding carboxylic acids is 13. The first-order valence-electron chi connectivity index (χ1n) is 31.3. The van der Waals surface area contributed by atoms with E-state index in [0.29, 0.717) is 25.8 Å². The van der Waals surface area contributed by atoms with E-state index in [1.807, 2.05) is 6.07 Å². The minimum atomic E-state index is -1.72. The monoisotopic (exact) mass is 1350 g/mol. The zero-order valence-corrected chi connectivity index (χ0v) is 54.7. The molecule has 30 N–H and O–H groups in total. The standard InChI is InChI=1S/C58H102N22O15/c1-31(2)25-41(74-45(85)28-69-43(83)27-70-50(89)36(61)26-35-15-7-6-8-16-35)54(93)80-46(34(5)82)56(95)71-29-44(84)72-32(3)48(87)76-40(20-14-24-68-58(65)66)52(91)78-38(18-10-12-22-60)53(92)79-42(30-81)55(94)73-33(4)49(88)77-39(19-13-23-67-57(63)64)51(90)75-37(47(62)86)17-9-11-21-59/h6-8,15-16,31-34,36-42,46,81-82H,9-14,17-30,59-61H2,1-5H3,(H2,62,86)(H,69,83)(H,70,89)(H,71,95)(H,72,84)(H,73,94)(H,74,85)(H,75,90)(H,76,87)(H,77,88)(H,78,91)(H,79,92)(H,80,93)(H4,63,64,67)(H4,65,66,68)/t32-,33-,34+,36-,37-,38-,39-,40-,41-,42-,46-/m0/s1. The fraction of sp³-hybridized carbons (Fsp3) is 0.638. The number of rotatable bonds is 47. The number of nitrogens with one attached hydrogen (secondary N) is 12. The van der Waals surface area contributed by atoms with E-state index in [4.69, 9.17) is 45.9 Å². The van der Waals surface area contributed by atoms with Crippen molar-refractivity contribution in [2.75, 3.05) is 52.4 Å². The normalized spacial score (nSPS) is 14.4. The van der Waals surface area contributed by atoms with Crippen LogP contribution in [0.5, 0.6) is 0 Å². The Morgan fingerprint density at radius 3 is 1.33 bits per heavy atom. The smallest absolute Gasteiger partial charge is 0.245 e. The summed E-state index contributed by atoms with van der Waals surface area (Å²) in [7, 11) is 0. The highest BCUT2D eigenvalue weighted by Crippen LogP contribution is 2.10. The number of primary amides is 1. The highest BCUT2D eigenvalue weighted by Gasteiger charge is 2.34. The molecule has 37 heteroatoms. The molecule has 0 bridgehead atoms. The first-order valence-corrected chi connectivity index (χ1v) is 31.3. The summed E-state index contributed by atoms with van der Waals surface area (Å²) >= 11 is 0. The number of amides is 13. The van der Waals surface area contributed by atoms with Gasteiger partial charge in [0, 0.05) is 13.1 Å². The molecule has 37 nitrogen and oxygen atoms in total. The van der Waals surface area contributed by atoms with Crippen LogP contribution in [0, 0.1) is 5.92 Å². The van der Waals surface area contributed by atoms with E-state index >= 15 is 0 Å². The van der Waals surface area contributed by atoms with E-state index in [1.54, 1.807) is 38.1 Å². The molecule has 534 valence electrons. The largest absolute Gasteiger partial charge is 0.394 e. The summed E-state index contributed by atoms with van der Waals surface area (Å²) < 4.78 is 0. The van der Waals surface area contributed by atoms with E-state index in [-0.39, 0.29) is 95.3 Å². The van der Waals surface area contributed by atoms with Crippen LogP contribution in [0.15, 0.2) is 40.3 Å². The second-order valence-electron chi connectivity index (χ2n) is 22.9. The fourth-order valence-electron chi connectivity index (χ4n) is 8.81. The van der Waals surface area contributed by atoms with Gasteiger partial charge in [-0.3, -0.25) is 72.3 Å². The zero-order chi connectivity index (χ0) is 71.7. The van der Waals surface area contributed by atoms with Gasteiger partial charge in [-0.15, -0.1) is 0 Å². The molecule has 0 aliphatic carbocycles. The number of aliphatic hydroxyl groups excluding tert-OH is 2. The summed E-state index contributed by atoms with van der Waals surface area (Å²) in [6.45, 7) is 4.79. The maximum absolute atomic E-state index is 14.1. The highest BCUT2D eigenvalue weighted by molar-refractivity contribution is 5.99. The summed E-state index contributed by atoms with van der Waals surface area (Å²) in [5.41, 5.74) is 45.3. The molecule has 0 spiro atoms. The Labute approximate surface area is 551 Å². The van der Waals surface area contributed by atoms with Crippen molar-refractivity contribution in [3.8, 4) is 0 Å². The summed E-state index contributed by atoms with van der Waals surface area (Å²) in [6, 6.07) is -4.75. The predicted octanol–water partition coefficient (Wildman–Crippen LogP) is -9.42. The van der Waals surface area contributed by atoms with Crippen LogP contribution < -0.4 is 110 Å². The second kappa shape index (κ2) is 45.9. The molecule has 0 aliphatic rings. The van der Waals surface area contributed by atoms with Crippen LogP contribution in [0.1, 0.15) is 111 Å². The lowest BCUT2D eigenvalue weighted by molar-refractivity contribution is -0.136. The first kappa shape index (κ1) is 83.7. The zero-order valence-electron chi connectivity index (χ0n) is 54.7. The summed E-state index contributed by atoms with van der Waals surface area (Å²) in [5, 5.41) is 49.9. The molecule has 11 atom stereocenters. The van der Waals surface area contributed by atoms with Crippen LogP contribution in [0.3, 0.4) is 0 Å². The Kier molecular flexibility index (Phi) is 40.4. The van der Waals surface area contributed by atoms with Crippen LogP contribution in [-0.4, -0.2) is 218 Å². The molecule has 0 saturated carbocycles. The van der Waals surface area contributed by atoms with Gasteiger partial charge in [0.2, 0.25) is 76.8 Å². The topological polar surface area (TPSA) is 640 Å². The van der Waals surface area contributed by atoms with Crippen LogP contribution in [0.4, 0.5) is 0 Å². The van der Waals surface area contributed by atoms with Gasteiger partial charge in [0.1, 0.15) is 54.4 Å². The van der Waals surface area contributed by atoms with E-state index in [2.05, 4.69) is 73.8 Å². The molecular weight excluding hydrogens is 1240 g/mol. The van der Waals surface area contributed by atoms with Crippen molar-refractivity contribution < 1.29 is 72.5 Å². The Morgan fingerprint density at radius 2 is 0.853 bits per heavy atom. The molecule has 13 amide bonds. The molecule has 95 heavy (non-hydrogen) atoms. The van der Waals surface area contributed by atoms with Gasteiger partial charge in [-0.05, 0) is 122 Å². The SMILES string of the molecule is CC(C)C[C@H](NC(=O)CNC(=O)CNC(=O)[C@@H](N)Cc1ccccc1)C(=O)N[C@H](C(=O)NCC(=O)N[C@@H](C)C(=O)N[C@@H](CCCN=C(N)N)C(=O)N[C@@H](CCCCN)C(=O)N[C@@H](CO)C(=O)N[C@@H](C)C(=O)N[C@@H](CCCN=C(N)N)C(=O)N[C@@H](CCCCN)C(N)=O)[C@@H](C)O. The number of guanidine groups is 2.